The Morgan fingerprint density at radius 1 is 1.00 bits per heavy atom. The van der Waals surface area contributed by atoms with E-state index >= 15 is 0 Å². The first kappa shape index (κ1) is 18.8. The summed E-state index contributed by atoms with van der Waals surface area (Å²) in [6, 6.07) is 10.5. The predicted octanol–water partition coefficient (Wildman–Crippen LogP) is 1.91. The van der Waals surface area contributed by atoms with Crippen molar-refractivity contribution in [3.8, 4) is 0 Å². The fraction of sp³-hybridized carbons (Fsp3) is 0.591. The van der Waals surface area contributed by atoms with Gasteiger partial charge in [-0.25, -0.2) is 0 Å². The van der Waals surface area contributed by atoms with Gasteiger partial charge < -0.3 is 14.9 Å². The SMILES string of the molecule is CN1CCCN(C[C@@H]2CN(Cc3ccnc4ccccc34)C[C@@H]2CO)CC1. The monoisotopic (exact) mass is 368 g/mol. The maximum Gasteiger partial charge on any atom is 0.0705 e. The molecule has 3 heterocycles. The summed E-state index contributed by atoms with van der Waals surface area (Å²) in [4.78, 5) is 12.1. The number of pyridine rings is 1. The molecule has 146 valence electrons. The highest BCUT2D eigenvalue weighted by Gasteiger charge is 2.33. The molecule has 0 saturated carbocycles. The topological polar surface area (TPSA) is 42.8 Å². The maximum atomic E-state index is 9.96. The van der Waals surface area contributed by atoms with E-state index in [9.17, 15) is 5.11 Å². The molecule has 1 aromatic heterocycles. The Balaban J connectivity index is 1.41. The Morgan fingerprint density at radius 3 is 2.74 bits per heavy atom. The molecule has 2 atom stereocenters. The van der Waals surface area contributed by atoms with Crippen molar-refractivity contribution in [1.82, 2.24) is 19.7 Å². The predicted molar refractivity (Wildman–Crippen MR) is 110 cm³/mol. The van der Waals surface area contributed by atoms with Crippen LogP contribution in [0.1, 0.15) is 12.0 Å². The zero-order valence-electron chi connectivity index (χ0n) is 16.4. The summed E-state index contributed by atoms with van der Waals surface area (Å²) in [6.07, 6.45) is 3.17. The average molecular weight is 369 g/mol. The van der Waals surface area contributed by atoms with Gasteiger partial charge in [-0.3, -0.25) is 9.88 Å². The van der Waals surface area contributed by atoms with Crippen molar-refractivity contribution < 1.29 is 5.11 Å². The number of benzene rings is 1. The van der Waals surface area contributed by atoms with Crippen LogP contribution in [0.2, 0.25) is 0 Å². The van der Waals surface area contributed by atoms with E-state index in [0.717, 1.165) is 44.8 Å². The van der Waals surface area contributed by atoms with Gasteiger partial charge in [-0.2, -0.15) is 0 Å². The number of fused-ring (bicyclic) bond motifs is 1. The molecule has 2 saturated heterocycles. The molecule has 0 amide bonds. The number of hydrogen-bond acceptors (Lipinski definition) is 5. The number of likely N-dealkylation sites (N-methyl/N-ethyl adjacent to an activating group) is 1. The summed E-state index contributed by atoms with van der Waals surface area (Å²) in [5.74, 6) is 0.950. The normalized spacial score (nSPS) is 25.9. The van der Waals surface area contributed by atoms with Crippen LogP contribution >= 0.6 is 0 Å². The molecular weight excluding hydrogens is 336 g/mol. The molecule has 1 aromatic carbocycles. The van der Waals surface area contributed by atoms with Crippen LogP contribution in [0.5, 0.6) is 0 Å². The summed E-state index contributed by atoms with van der Waals surface area (Å²) in [5.41, 5.74) is 2.41. The zero-order chi connectivity index (χ0) is 18.6. The first-order valence-corrected chi connectivity index (χ1v) is 10.3. The van der Waals surface area contributed by atoms with Crippen molar-refractivity contribution in [1.29, 1.82) is 0 Å². The molecule has 2 aliphatic heterocycles. The van der Waals surface area contributed by atoms with Gasteiger partial charge in [0, 0.05) is 57.5 Å². The molecule has 5 heteroatoms. The highest BCUT2D eigenvalue weighted by molar-refractivity contribution is 5.81. The van der Waals surface area contributed by atoms with E-state index < -0.39 is 0 Å². The van der Waals surface area contributed by atoms with Gasteiger partial charge in [0.2, 0.25) is 0 Å². The summed E-state index contributed by atoms with van der Waals surface area (Å²) >= 11 is 0. The molecular formula is C22H32N4O. The standard InChI is InChI=1S/C22H32N4O/c1-24-9-4-10-25(12-11-24)14-19-15-26(16-20(19)17-27)13-18-7-8-23-22-6-3-2-5-21(18)22/h2-3,5-8,19-20,27H,4,9-17H2,1H3/t19-,20-/m1/s1. The maximum absolute atomic E-state index is 9.96. The van der Waals surface area contributed by atoms with Crippen LogP contribution in [0.3, 0.4) is 0 Å². The van der Waals surface area contributed by atoms with Crippen molar-refractivity contribution >= 4 is 10.9 Å². The Kier molecular flexibility index (Phi) is 6.03. The molecule has 4 rings (SSSR count). The van der Waals surface area contributed by atoms with Gasteiger partial charge in [-0.05, 0) is 56.1 Å². The number of rotatable bonds is 5. The van der Waals surface area contributed by atoms with Crippen LogP contribution in [0.15, 0.2) is 36.5 Å². The summed E-state index contributed by atoms with van der Waals surface area (Å²) in [5, 5.41) is 11.2. The number of likely N-dealkylation sites (tertiary alicyclic amines) is 1. The van der Waals surface area contributed by atoms with Crippen LogP contribution in [0, 0.1) is 11.8 Å². The quantitative estimate of drug-likeness (QED) is 0.873. The van der Waals surface area contributed by atoms with Crippen LogP contribution in [-0.4, -0.2) is 84.3 Å². The largest absolute Gasteiger partial charge is 0.396 e. The van der Waals surface area contributed by atoms with Crippen molar-refractivity contribution in [3.05, 3.63) is 42.1 Å². The zero-order valence-corrected chi connectivity index (χ0v) is 16.4. The number of aliphatic hydroxyl groups excluding tert-OH is 1. The Labute approximate surface area is 162 Å². The van der Waals surface area contributed by atoms with E-state index in [1.807, 2.05) is 12.3 Å². The van der Waals surface area contributed by atoms with Crippen molar-refractivity contribution in [2.75, 3.05) is 59.5 Å². The lowest BCUT2D eigenvalue weighted by molar-refractivity contribution is 0.165. The van der Waals surface area contributed by atoms with Crippen LogP contribution in [0.25, 0.3) is 10.9 Å². The Hall–Kier alpha value is -1.53. The number of aromatic nitrogens is 1. The van der Waals surface area contributed by atoms with Gasteiger partial charge in [0.15, 0.2) is 0 Å². The molecule has 0 aliphatic carbocycles. The van der Waals surface area contributed by atoms with Gasteiger partial charge in [0.1, 0.15) is 0 Å². The van der Waals surface area contributed by atoms with Gasteiger partial charge in [0.25, 0.3) is 0 Å². The van der Waals surface area contributed by atoms with Crippen molar-refractivity contribution in [3.63, 3.8) is 0 Å². The van der Waals surface area contributed by atoms with E-state index in [1.54, 1.807) is 0 Å². The van der Waals surface area contributed by atoms with Crippen molar-refractivity contribution in [2.24, 2.45) is 11.8 Å². The highest BCUT2D eigenvalue weighted by atomic mass is 16.3. The lowest BCUT2D eigenvalue weighted by Gasteiger charge is -2.26. The lowest BCUT2D eigenvalue weighted by atomic mass is 9.96. The second kappa shape index (κ2) is 8.65. The van der Waals surface area contributed by atoms with Crippen LogP contribution in [-0.2, 0) is 6.54 Å². The van der Waals surface area contributed by atoms with Gasteiger partial charge >= 0.3 is 0 Å². The minimum Gasteiger partial charge on any atom is -0.396 e. The molecule has 0 unspecified atom stereocenters. The Bertz CT molecular complexity index is 747. The first-order valence-electron chi connectivity index (χ1n) is 10.3. The molecule has 0 spiro atoms. The molecule has 0 bridgehead atoms. The van der Waals surface area contributed by atoms with E-state index in [1.165, 1.54) is 30.5 Å². The first-order chi connectivity index (χ1) is 13.2. The van der Waals surface area contributed by atoms with E-state index in [4.69, 9.17) is 0 Å². The second-order valence-corrected chi connectivity index (χ2v) is 8.34. The van der Waals surface area contributed by atoms with Gasteiger partial charge in [-0.15, -0.1) is 0 Å². The van der Waals surface area contributed by atoms with E-state index in [-0.39, 0.29) is 0 Å². The number of hydrogen-bond donors (Lipinski definition) is 1. The summed E-state index contributed by atoms with van der Waals surface area (Å²) < 4.78 is 0. The number of para-hydroxylation sites is 1. The molecule has 0 radical (unpaired) electrons. The van der Waals surface area contributed by atoms with E-state index in [2.05, 4.69) is 51.0 Å². The third kappa shape index (κ3) is 4.49. The van der Waals surface area contributed by atoms with Gasteiger partial charge in [-0.1, -0.05) is 18.2 Å². The Morgan fingerprint density at radius 2 is 1.85 bits per heavy atom. The minimum atomic E-state index is 0.298. The average Bonchev–Trinajstić information content (AvgIpc) is 2.95. The van der Waals surface area contributed by atoms with Crippen LogP contribution in [0.4, 0.5) is 0 Å². The minimum absolute atomic E-state index is 0.298. The second-order valence-electron chi connectivity index (χ2n) is 8.34. The highest BCUT2D eigenvalue weighted by Crippen LogP contribution is 2.27. The molecule has 5 nitrogen and oxygen atoms in total. The molecule has 2 aromatic rings. The molecule has 27 heavy (non-hydrogen) atoms. The van der Waals surface area contributed by atoms with Crippen molar-refractivity contribution in [2.45, 2.75) is 13.0 Å². The fourth-order valence-corrected chi connectivity index (χ4v) is 4.73. The smallest absolute Gasteiger partial charge is 0.0705 e. The third-order valence-corrected chi connectivity index (χ3v) is 6.32. The fourth-order valence-electron chi connectivity index (χ4n) is 4.73. The molecule has 2 aliphatic rings. The van der Waals surface area contributed by atoms with Gasteiger partial charge in [0.05, 0.1) is 5.52 Å². The number of nitrogens with zero attached hydrogens (tertiary/aromatic N) is 4. The molecule has 2 fully saturated rings. The van der Waals surface area contributed by atoms with E-state index in [0.29, 0.717) is 18.4 Å². The van der Waals surface area contributed by atoms with Crippen LogP contribution < -0.4 is 0 Å². The lowest BCUT2D eigenvalue weighted by Crippen LogP contribution is -2.36. The summed E-state index contributed by atoms with van der Waals surface area (Å²) in [6.45, 7) is 9.13. The number of aliphatic hydroxyl groups is 1. The summed E-state index contributed by atoms with van der Waals surface area (Å²) in [7, 11) is 2.22. The molecule has 1 N–H and O–H groups in total. The third-order valence-electron chi connectivity index (χ3n) is 6.32.